The van der Waals surface area contributed by atoms with Gasteiger partial charge >= 0.3 is 0 Å². The molecule has 1 fully saturated rings. The van der Waals surface area contributed by atoms with E-state index < -0.39 is 16.7 Å². The molecule has 0 aliphatic heterocycles. The van der Waals surface area contributed by atoms with Crippen LogP contribution in [0.15, 0.2) is 18.3 Å². The van der Waals surface area contributed by atoms with Crippen LogP contribution < -0.4 is 5.32 Å². The van der Waals surface area contributed by atoms with Gasteiger partial charge in [-0.15, -0.1) is 0 Å². The number of nitrogens with one attached hydrogen (secondary N) is 1. The summed E-state index contributed by atoms with van der Waals surface area (Å²) in [6.07, 6.45) is 5.25. The van der Waals surface area contributed by atoms with Crippen molar-refractivity contribution in [1.82, 2.24) is 10.3 Å². The molecule has 0 unspecified atom stereocenters. The molecule has 2 N–H and O–H groups in total. The molecule has 0 spiro atoms. The van der Waals surface area contributed by atoms with Crippen molar-refractivity contribution >= 4 is 16.7 Å². The maximum Gasteiger partial charge on any atom is 0.273 e. The van der Waals surface area contributed by atoms with E-state index in [1.807, 2.05) is 6.92 Å². The molecule has 1 aromatic rings. The van der Waals surface area contributed by atoms with Crippen LogP contribution in [0.3, 0.4) is 0 Å². The minimum Gasteiger partial charge on any atom is -0.505 e. The van der Waals surface area contributed by atoms with Crippen LogP contribution in [0, 0.1) is 0 Å². The zero-order valence-electron chi connectivity index (χ0n) is 11.5. The van der Waals surface area contributed by atoms with Gasteiger partial charge in [0, 0.05) is 28.8 Å². The lowest BCUT2D eigenvalue weighted by Gasteiger charge is -2.31. The van der Waals surface area contributed by atoms with Gasteiger partial charge in [-0.05, 0) is 25.0 Å². The number of hydrogen-bond donors (Lipinski definition) is 2. The molecule has 6 heteroatoms. The molecule has 1 aliphatic rings. The number of rotatable bonds is 4. The first-order valence-corrected chi connectivity index (χ1v) is 8.33. The molecule has 1 amide bonds. The smallest absolute Gasteiger partial charge is 0.273 e. The van der Waals surface area contributed by atoms with Gasteiger partial charge in [0.1, 0.15) is 5.75 Å². The Morgan fingerprint density at radius 1 is 1.50 bits per heavy atom. The summed E-state index contributed by atoms with van der Waals surface area (Å²) in [6, 6.07) is 2.91. The molecule has 1 saturated carbocycles. The van der Waals surface area contributed by atoms with Gasteiger partial charge in [-0.25, -0.2) is 4.98 Å². The Kier molecular flexibility index (Phi) is 5.11. The van der Waals surface area contributed by atoms with Crippen LogP contribution in [-0.4, -0.2) is 37.3 Å². The Morgan fingerprint density at radius 3 is 2.95 bits per heavy atom. The first kappa shape index (κ1) is 15.0. The molecule has 2 rings (SSSR count). The van der Waals surface area contributed by atoms with Gasteiger partial charge in [-0.2, -0.15) is 0 Å². The molecule has 1 heterocycles. The minimum atomic E-state index is -0.919. The van der Waals surface area contributed by atoms with E-state index in [0.29, 0.717) is 5.75 Å². The average molecular weight is 296 g/mol. The summed E-state index contributed by atoms with van der Waals surface area (Å²) in [6.45, 7) is 1.90. The summed E-state index contributed by atoms with van der Waals surface area (Å²) >= 11 is 0. The molecule has 1 aliphatic carbocycles. The van der Waals surface area contributed by atoms with Gasteiger partial charge in [0.05, 0.1) is 5.25 Å². The summed E-state index contributed by atoms with van der Waals surface area (Å²) in [5.74, 6) is 0.0772. The van der Waals surface area contributed by atoms with E-state index in [4.69, 9.17) is 0 Å². The van der Waals surface area contributed by atoms with E-state index in [1.165, 1.54) is 12.3 Å². The highest BCUT2D eigenvalue weighted by Gasteiger charge is 2.31. The summed E-state index contributed by atoms with van der Waals surface area (Å²) in [5, 5.41) is 12.5. The van der Waals surface area contributed by atoms with Crippen molar-refractivity contribution in [2.75, 3.05) is 5.75 Å². The summed E-state index contributed by atoms with van der Waals surface area (Å²) in [4.78, 5) is 16.1. The Labute approximate surface area is 121 Å². The highest BCUT2D eigenvalue weighted by molar-refractivity contribution is 7.85. The number of carbonyl (C=O) groups excluding carboxylic acids is 1. The Morgan fingerprint density at radius 2 is 2.25 bits per heavy atom. The van der Waals surface area contributed by atoms with Crippen molar-refractivity contribution in [3.8, 4) is 5.75 Å². The van der Waals surface area contributed by atoms with Crippen LogP contribution in [0.25, 0.3) is 0 Å². The van der Waals surface area contributed by atoms with E-state index in [0.717, 1.165) is 25.7 Å². The lowest BCUT2D eigenvalue weighted by Crippen LogP contribution is -2.47. The highest BCUT2D eigenvalue weighted by atomic mass is 32.2. The van der Waals surface area contributed by atoms with Gasteiger partial charge < -0.3 is 10.4 Å². The fraction of sp³-hybridized carbons (Fsp3) is 0.571. The molecule has 0 bridgehead atoms. The first-order chi connectivity index (χ1) is 9.63. The maximum atomic E-state index is 12.2. The summed E-state index contributed by atoms with van der Waals surface area (Å²) in [7, 11) is -0.919. The second-order valence-electron chi connectivity index (χ2n) is 4.94. The molecule has 0 radical (unpaired) electrons. The van der Waals surface area contributed by atoms with Crippen molar-refractivity contribution in [3.05, 3.63) is 24.0 Å². The quantitative estimate of drug-likeness (QED) is 0.884. The predicted octanol–water partition coefficient (Wildman–Crippen LogP) is 1.60. The number of carbonyl (C=O) groups is 1. The number of nitrogens with zero attached hydrogens (tertiary/aromatic N) is 1. The Balaban J connectivity index is 2.09. The fourth-order valence-electron chi connectivity index (χ4n) is 2.60. The molecule has 3 atom stereocenters. The zero-order valence-corrected chi connectivity index (χ0v) is 12.4. The number of aromatic nitrogens is 1. The third-order valence-corrected chi connectivity index (χ3v) is 5.45. The largest absolute Gasteiger partial charge is 0.505 e. The normalized spacial score (nSPS) is 24.1. The van der Waals surface area contributed by atoms with Gasteiger partial charge in [-0.3, -0.25) is 9.00 Å². The number of aromatic hydroxyl groups is 1. The van der Waals surface area contributed by atoms with Gasteiger partial charge in [0.25, 0.3) is 5.91 Å². The molecule has 1 aromatic heterocycles. The first-order valence-electron chi connectivity index (χ1n) is 6.95. The molecule has 0 saturated heterocycles. The van der Waals surface area contributed by atoms with E-state index in [1.54, 1.807) is 6.07 Å². The highest BCUT2D eigenvalue weighted by Crippen LogP contribution is 2.24. The molecule has 20 heavy (non-hydrogen) atoms. The average Bonchev–Trinajstić information content (AvgIpc) is 2.47. The topological polar surface area (TPSA) is 79.3 Å². The minimum absolute atomic E-state index is 0.00329. The maximum absolute atomic E-state index is 12.2. The van der Waals surface area contributed by atoms with Crippen LogP contribution in [0.5, 0.6) is 5.75 Å². The van der Waals surface area contributed by atoms with Crippen molar-refractivity contribution in [1.29, 1.82) is 0 Å². The molecule has 110 valence electrons. The van der Waals surface area contributed by atoms with Crippen molar-refractivity contribution in [2.24, 2.45) is 0 Å². The van der Waals surface area contributed by atoms with E-state index in [-0.39, 0.29) is 22.7 Å². The van der Waals surface area contributed by atoms with Crippen molar-refractivity contribution in [2.45, 2.75) is 43.9 Å². The van der Waals surface area contributed by atoms with Gasteiger partial charge in [0.2, 0.25) is 0 Å². The second-order valence-corrected chi connectivity index (χ2v) is 6.89. The monoisotopic (exact) mass is 296 g/mol. The van der Waals surface area contributed by atoms with Crippen LogP contribution in [-0.2, 0) is 10.8 Å². The van der Waals surface area contributed by atoms with Crippen molar-refractivity contribution < 1.29 is 14.1 Å². The van der Waals surface area contributed by atoms with Crippen LogP contribution >= 0.6 is 0 Å². The molecule has 5 nitrogen and oxygen atoms in total. The number of pyridine rings is 1. The molecular formula is C14H20N2O3S. The number of hydrogen-bond acceptors (Lipinski definition) is 4. The van der Waals surface area contributed by atoms with Crippen LogP contribution in [0.1, 0.15) is 43.1 Å². The van der Waals surface area contributed by atoms with Gasteiger partial charge in [-0.1, -0.05) is 19.8 Å². The second kappa shape index (κ2) is 6.83. The van der Waals surface area contributed by atoms with Crippen LogP contribution in [0.2, 0.25) is 0 Å². The fourth-order valence-corrected chi connectivity index (χ4v) is 4.03. The third-order valence-electron chi connectivity index (χ3n) is 3.64. The Hall–Kier alpha value is -1.43. The third kappa shape index (κ3) is 3.36. The lowest BCUT2D eigenvalue weighted by atomic mass is 9.94. The van der Waals surface area contributed by atoms with Gasteiger partial charge in [0.15, 0.2) is 5.69 Å². The standard InChI is InChI=1S/C14H20N2O3S/c1-2-20(19)12-8-4-3-6-10(12)16-14(18)13-11(17)7-5-9-15-13/h5,7,9-10,12,17H,2-4,6,8H2,1H3,(H,16,18)/t10-,12-,20+/m0/s1. The lowest BCUT2D eigenvalue weighted by molar-refractivity contribution is 0.0921. The SMILES string of the molecule is CC[S@@](=O)[C@H]1CCCC[C@@H]1NC(=O)c1ncccc1O. The zero-order chi connectivity index (χ0) is 14.5. The number of amides is 1. The van der Waals surface area contributed by atoms with Crippen molar-refractivity contribution in [3.63, 3.8) is 0 Å². The van der Waals surface area contributed by atoms with Crippen LogP contribution in [0.4, 0.5) is 0 Å². The van der Waals surface area contributed by atoms with E-state index >= 15 is 0 Å². The summed E-state index contributed by atoms with van der Waals surface area (Å²) < 4.78 is 12.1. The Bertz CT molecular complexity index is 507. The van der Waals surface area contributed by atoms with E-state index in [9.17, 15) is 14.1 Å². The predicted molar refractivity (Wildman–Crippen MR) is 78.1 cm³/mol. The molecular weight excluding hydrogens is 276 g/mol. The summed E-state index contributed by atoms with van der Waals surface area (Å²) in [5.41, 5.74) is 0.0269. The van der Waals surface area contributed by atoms with E-state index in [2.05, 4.69) is 10.3 Å². The molecule has 0 aromatic carbocycles.